The monoisotopic (exact) mass is 511 g/mol. The fraction of sp³-hybridized carbons (Fsp3) is 0.581. The number of Topliss-reactive ketones (excluding diaryl/α,β-unsaturated/α-hetero) is 1. The van der Waals surface area contributed by atoms with Gasteiger partial charge in [-0.15, -0.1) is 6.58 Å². The lowest BCUT2D eigenvalue weighted by atomic mass is 9.71. The molecule has 2 N–H and O–H groups in total. The van der Waals surface area contributed by atoms with E-state index in [2.05, 4.69) is 24.6 Å². The van der Waals surface area contributed by atoms with Gasteiger partial charge in [0, 0.05) is 18.5 Å². The highest BCUT2D eigenvalue weighted by atomic mass is 16.5. The van der Waals surface area contributed by atoms with E-state index in [0.717, 1.165) is 30.5 Å². The summed E-state index contributed by atoms with van der Waals surface area (Å²) in [5.74, 6) is -1.52. The van der Waals surface area contributed by atoms with E-state index < -0.39 is 35.6 Å². The number of allylic oxidation sites excluding steroid dienone is 2. The van der Waals surface area contributed by atoms with Crippen molar-refractivity contribution in [3.8, 4) is 0 Å². The number of aliphatic hydroxyl groups is 2. The highest BCUT2D eigenvalue weighted by Gasteiger charge is 2.43. The van der Waals surface area contributed by atoms with Crippen LogP contribution in [0.25, 0.3) is 6.08 Å². The summed E-state index contributed by atoms with van der Waals surface area (Å²) >= 11 is 0. The molecule has 6 nitrogen and oxygen atoms in total. The van der Waals surface area contributed by atoms with E-state index in [4.69, 9.17) is 4.74 Å². The van der Waals surface area contributed by atoms with Crippen LogP contribution in [0.15, 0.2) is 54.3 Å². The van der Waals surface area contributed by atoms with Crippen LogP contribution in [0.2, 0.25) is 0 Å². The molecule has 0 amide bonds. The molecule has 0 bridgehead atoms. The second kappa shape index (κ2) is 14.4. The largest absolute Gasteiger partial charge is 0.457 e. The highest BCUT2D eigenvalue weighted by Crippen LogP contribution is 2.34. The van der Waals surface area contributed by atoms with Crippen LogP contribution in [-0.4, -0.2) is 45.3 Å². The van der Waals surface area contributed by atoms with Gasteiger partial charge in [-0.25, -0.2) is 0 Å². The molecule has 1 aliphatic rings. The Morgan fingerprint density at radius 2 is 2.00 bits per heavy atom. The maximum Gasteiger partial charge on any atom is 0.309 e. The fourth-order valence-corrected chi connectivity index (χ4v) is 4.81. The van der Waals surface area contributed by atoms with Crippen LogP contribution in [0.1, 0.15) is 85.3 Å². The predicted octanol–water partition coefficient (Wildman–Crippen LogP) is 5.84. The molecule has 1 aliphatic heterocycles. The number of pyridine rings is 1. The predicted molar refractivity (Wildman–Crippen MR) is 147 cm³/mol. The molecular formula is C31H45NO5. The molecule has 37 heavy (non-hydrogen) atoms. The van der Waals surface area contributed by atoms with E-state index >= 15 is 0 Å². The van der Waals surface area contributed by atoms with E-state index in [-0.39, 0.29) is 18.1 Å². The van der Waals surface area contributed by atoms with Crippen molar-refractivity contribution in [3.05, 3.63) is 60.0 Å². The van der Waals surface area contributed by atoms with Gasteiger partial charge in [0.15, 0.2) is 0 Å². The van der Waals surface area contributed by atoms with E-state index in [1.165, 1.54) is 5.57 Å². The number of hydrogen-bond acceptors (Lipinski definition) is 6. The summed E-state index contributed by atoms with van der Waals surface area (Å²) in [6.07, 6.45) is 8.61. The van der Waals surface area contributed by atoms with Crippen molar-refractivity contribution in [2.45, 2.75) is 97.9 Å². The second-order valence-electron chi connectivity index (χ2n) is 11.0. The zero-order valence-corrected chi connectivity index (χ0v) is 23.2. The number of nitrogens with zero attached hydrogens (tertiary/aromatic N) is 1. The molecule has 6 heteroatoms. The Morgan fingerprint density at radius 3 is 2.65 bits per heavy atom. The maximum absolute atomic E-state index is 13.6. The number of esters is 1. The van der Waals surface area contributed by atoms with E-state index in [1.807, 2.05) is 38.1 Å². The molecule has 1 aromatic heterocycles. The SMILES string of the molecule is C=CCC[C@H]1C(=O)C(C)(C)[C@H](O)CC(=O)O[C@H](/C(C)=C/c2ccccn2)C/C=C(/C)CCC[C@H](C)[C@@H]1O. The first-order valence-electron chi connectivity index (χ1n) is 13.4. The van der Waals surface area contributed by atoms with Crippen LogP contribution < -0.4 is 0 Å². The average molecular weight is 512 g/mol. The van der Waals surface area contributed by atoms with Crippen molar-refractivity contribution in [3.63, 3.8) is 0 Å². The molecule has 1 aromatic rings. The van der Waals surface area contributed by atoms with Crippen molar-refractivity contribution in [1.82, 2.24) is 4.98 Å². The van der Waals surface area contributed by atoms with Gasteiger partial charge >= 0.3 is 5.97 Å². The molecule has 0 saturated carbocycles. The van der Waals surface area contributed by atoms with E-state index in [9.17, 15) is 19.8 Å². The minimum Gasteiger partial charge on any atom is -0.457 e. The zero-order chi connectivity index (χ0) is 27.6. The average Bonchev–Trinajstić information content (AvgIpc) is 2.86. The topological polar surface area (TPSA) is 96.7 Å². The lowest BCUT2D eigenvalue weighted by Crippen LogP contribution is -2.46. The summed E-state index contributed by atoms with van der Waals surface area (Å²) in [4.78, 5) is 31.0. The van der Waals surface area contributed by atoms with E-state index in [1.54, 1.807) is 26.1 Å². The molecule has 0 unspecified atom stereocenters. The first-order valence-corrected chi connectivity index (χ1v) is 13.4. The number of aromatic nitrogens is 1. The van der Waals surface area contributed by atoms with Crippen LogP contribution in [0.5, 0.6) is 0 Å². The summed E-state index contributed by atoms with van der Waals surface area (Å²) in [5, 5.41) is 22.2. The highest BCUT2D eigenvalue weighted by molar-refractivity contribution is 5.88. The molecule has 0 fully saturated rings. The first kappa shape index (κ1) is 30.7. The molecule has 204 valence electrons. The Balaban J connectivity index is 2.37. The molecule has 2 heterocycles. The summed E-state index contributed by atoms with van der Waals surface area (Å²) in [7, 11) is 0. The minimum atomic E-state index is -1.24. The first-order chi connectivity index (χ1) is 17.5. The summed E-state index contributed by atoms with van der Waals surface area (Å²) in [5.41, 5.74) is 1.57. The number of ketones is 1. The number of hydrogen-bond donors (Lipinski definition) is 2. The van der Waals surface area contributed by atoms with Gasteiger partial charge in [-0.3, -0.25) is 14.6 Å². The molecule has 0 saturated heterocycles. The van der Waals surface area contributed by atoms with Gasteiger partial charge in [-0.05, 0) is 75.7 Å². The summed E-state index contributed by atoms with van der Waals surface area (Å²) < 4.78 is 5.85. The maximum atomic E-state index is 13.6. The van der Waals surface area contributed by atoms with Crippen LogP contribution in [-0.2, 0) is 14.3 Å². The third-order valence-electron chi connectivity index (χ3n) is 7.60. The van der Waals surface area contributed by atoms with Crippen LogP contribution in [0.4, 0.5) is 0 Å². The number of carbonyl (C=O) groups excluding carboxylic acids is 2. The van der Waals surface area contributed by atoms with Crippen molar-refractivity contribution in [2.24, 2.45) is 17.3 Å². The Kier molecular flexibility index (Phi) is 11.9. The molecule has 0 aliphatic carbocycles. The van der Waals surface area contributed by atoms with Crippen molar-refractivity contribution in [1.29, 1.82) is 0 Å². The van der Waals surface area contributed by atoms with Crippen molar-refractivity contribution in [2.75, 3.05) is 0 Å². The Hall–Kier alpha value is -2.57. The number of aliphatic hydroxyl groups excluding tert-OH is 2. The quantitative estimate of drug-likeness (QED) is 0.381. The summed E-state index contributed by atoms with van der Waals surface area (Å²) in [6.45, 7) is 13.0. The van der Waals surface area contributed by atoms with Crippen molar-refractivity contribution < 1.29 is 24.5 Å². The van der Waals surface area contributed by atoms with Gasteiger partial charge in [0.05, 0.1) is 29.7 Å². The normalized spacial score (nSPS) is 30.2. The van der Waals surface area contributed by atoms with Gasteiger partial charge in [0.25, 0.3) is 0 Å². The molecule has 2 rings (SSSR count). The standard InChI is InChI=1S/C31H45NO5/c1-7-8-15-25-29(35)22(3)13-11-12-21(2)16-17-26(23(4)19-24-14-9-10-18-32-24)37-28(34)20-27(33)31(5,6)30(25)36/h7,9-10,14,16,18-19,22,25-27,29,33,35H,1,8,11-13,15,17,20H2,2-6H3/b21-16-,23-19+/t22-,25+,26-,27+,29-/m0/s1. The smallest absolute Gasteiger partial charge is 0.309 e. The number of cyclic esters (lactones) is 1. The van der Waals surface area contributed by atoms with Crippen LogP contribution in [0, 0.1) is 17.3 Å². The fourth-order valence-electron chi connectivity index (χ4n) is 4.81. The van der Waals surface area contributed by atoms with Crippen molar-refractivity contribution >= 4 is 17.8 Å². The lowest BCUT2D eigenvalue weighted by molar-refractivity contribution is -0.154. The molecule has 0 spiro atoms. The van der Waals surface area contributed by atoms with Gasteiger partial charge in [0.2, 0.25) is 0 Å². The molecule has 5 atom stereocenters. The summed E-state index contributed by atoms with van der Waals surface area (Å²) in [6, 6.07) is 5.63. The Morgan fingerprint density at radius 1 is 1.27 bits per heavy atom. The van der Waals surface area contributed by atoms with Crippen LogP contribution in [0.3, 0.4) is 0 Å². The number of carbonyl (C=O) groups is 2. The Bertz CT molecular complexity index is 965. The van der Waals surface area contributed by atoms with Gasteiger partial charge in [-0.1, -0.05) is 44.6 Å². The van der Waals surface area contributed by atoms with Gasteiger partial charge < -0.3 is 14.9 Å². The number of rotatable bonds is 5. The molecule has 0 aromatic carbocycles. The third kappa shape index (κ3) is 9.04. The third-order valence-corrected chi connectivity index (χ3v) is 7.60. The number of ether oxygens (including phenoxy) is 1. The Labute approximate surface area is 222 Å². The lowest BCUT2D eigenvalue weighted by Gasteiger charge is -2.36. The molecule has 0 radical (unpaired) electrons. The minimum absolute atomic E-state index is 0.0753. The molecular weight excluding hydrogens is 466 g/mol. The zero-order valence-electron chi connectivity index (χ0n) is 23.2. The second-order valence-corrected chi connectivity index (χ2v) is 11.0. The van der Waals surface area contributed by atoms with Gasteiger partial charge in [0.1, 0.15) is 11.9 Å². The van der Waals surface area contributed by atoms with Gasteiger partial charge in [-0.2, -0.15) is 0 Å². The van der Waals surface area contributed by atoms with Crippen LogP contribution >= 0.6 is 0 Å². The van der Waals surface area contributed by atoms with E-state index in [0.29, 0.717) is 19.3 Å².